The predicted molar refractivity (Wildman–Crippen MR) is 43.0 cm³/mol. The van der Waals surface area contributed by atoms with E-state index in [4.69, 9.17) is 9.15 Å². The van der Waals surface area contributed by atoms with Crippen LogP contribution in [0.15, 0.2) is 23.1 Å². The average molecular weight is 164 g/mol. The molecule has 0 aliphatic rings. The first-order valence-corrected chi connectivity index (χ1v) is 3.73. The summed E-state index contributed by atoms with van der Waals surface area (Å²) in [7, 11) is 0. The van der Waals surface area contributed by atoms with E-state index >= 15 is 0 Å². The van der Waals surface area contributed by atoms with Gasteiger partial charge in [-0.1, -0.05) is 0 Å². The number of oxazole rings is 1. The van der Waals surface area contributed by atoms with Crippen LogP contribution in [0.5, 0.6) is 5.75 Å². The number of hydrogen-bond donors (Lipinski definition) is 0. The van der Waals surface area contributed by atoms with E-state index in [2.05, 4.69) is 9.97 Å². The number of ether oxygens (including phenoxy) is 1. The number of hydrogen-bond acceptors (Lipinski definition) is 4. The van der Waals surface area contributed by atoms with Crippen molar-refractivity contribution in [1.29, 1.82) is 0 Å². The Kier molecular flexibility index (Phi) is 1.66. The highest BCUT2D eigenvalue weighted by Gasteiger charge is 2.05. The fraction of sp³-hybridized carbons (Fsp3) is 0.250. The van der Waals surface area contributed by atoms with Gasteiger partial charge in [-0.3, -0.25) is 0 Å². The zero-order valence-electron chi connectivity index (χ0n) is 6.65. The maximum Gasteiger partial charge on any atom is 0.250 e. The van der Waals surface area contributed by atoms with Crippen LogP contribution in [0, 0.1) is 0 Å². The third-order valence-electron chi connectivity index (χ3n) is 1.50. The lowest BCUT2D eigenvalue weighted by Gasteiger charge is -2.00. The molecule has 2 heterocycles. The summed E-state index contributed by atoms with van der Waals surface area (Å²) in [5.41, 5.74) is 1.19. The van der Waals surface area contributed by atoms with E-state index in [9.17, 15) is 0 Å². The molecule has 0 amide bonds. The zero-order valence-corrected chi connectivity index (χ0v) is 6.65. The first-order valence-electron chi connectivity index (χ1n) is 3.73. The molecule has 0 bridgehead atoms. The molecular weight excluding hydrogens is 156 g/mol. The van der Waals surface area contributed by atoms with Crippen molar-refractivity contribution in [1.82, 2.24) is 9.97 Å². The summed E-state index contributed by atoms with van der Waals surface area (Å²) >= 11 is 0. The van der Waals surface area contributed by atoms with Gasteiger partial charge < -0.3 is 9.15 Å². The highest BCUT2D eigenvalue weighted by atomic mass is 16.5. The first-order chi connectivity index (χ1) is 5.92. The van der Waals surface area contributed by atoms with E-state index in [1.165, 1.54) is 6.39 Å². The predicted octanol–water partition coefficient (Wildman–Crippen LogP) is 1.62. The van der Waals surface area contributed by atoms with Crippen molar-refractivity contribution in [2.75, 3.05) is 6.61 Å². The lowest BCUT2D eigenvalue weighted by atomic mass is 10.4. The Bertz CT molecular complexity index is 383. The minimum Gasteiger partial charge on any atom is -0.491 e. The molecule has 12 heavy (non-hydrogen) atoms. The molecule has 62 valence electrons. The molecule has 4 nitrogen and oxygen atoms in total. The number of nitrogens with zero attached hydrogens (tertiary/aromatic N) is 2. The Morgan fingerprint density at radius 1 is 1.50 bits per heavy atom. The fourth-order valence-corrected chi connectivity index (χ4v) is 1.02. The summed E-state index contributed by atoms with van der Waals surface area (Å²) in [6, 6.07) is 1.77. The normalized spacial score (nSPS) is 10.4. The van der Waals surface area contributed by atoms with Crippen molar-refractivity contribution in [3.8, 4) is 5.75 Å². The average Bonchev–Trinajstić information content (AvgIpc) is 2.53. The molecule has 0 saturated heterocycles. The zero-order chi connectivity index (χ0) is 8.39. The highest BCUT2D eigenvalue weighted by Crippen LogP contribution is 2.21. The van der Waals surface area contributed by atoms with Gasteiger partial charge in [0.25, 0.3) is 5.71 Å². The number of rotatable bonds is 2. The number of aromatic nitrogens is 2. The molecule has 2 aromatic heterocycles. The summed E-state index contributed by atoms with van der Waals surface area (Å²) in [6.07, 6.45) is 3.00. The maximum atomic E-state index is 5.31. The van der Waals surface area contributed by atoms with Crippen LogP contribution < -0.4 is 4.74 Å². The van der Waals surface area contributed by atoms with Crippen LogP contribution in [0.25, 0.3) is 11.2 Å². The molecule has 0 aliphatic heterocycles. The minimum atomic E-state index is 0.515. The van der Waals surface area contributed by atoms with E-state index in [0.29, 0.717) is 17.8 Å². The van der Waals surface area contributed by atoms with Gasteiger partial charge in [0.1, 0.15) is 0 Å². The van der Waals surface area contributed by atoms with E-state index in [0.717, 1.165) is 5.75 Å². The Hall–Kier alpha value is -1.58. The van der Waals surface area contributed by atoms with E-state index in [-0.39, 0.29) is 0 Å². The van der Waals surface area contributed by atoms with Gasteiger partial charge in [0.15, 0.2) is 17.7 Å². The third kappa shape index (κ3) is 1.01. The lowest BCUT2D eigenvalue weighted by molar-refractivity contribution is 0.343. The molecule has 2 aromatic rings. The van der Waals surface area contributed by atoms with Gasteiger partial charge in [0.05, 0.1) is 6.61 Å². The minimum absolute atomic E-state index is 0.515. The topological polar surface area (TPSA) is 48.2 Å². The summed E-state index contributed by atoms with van der Waals surface area (Å²) in [4.78, 5) is 7.96. The first kappa shape index (κ1) is 7.09. The fourth-order valence-electron chi connectivity index (χ4n) is 1.02. The van der Waals surface area contributed by atoms with Gasteiger partial charge in [-0.2, -0.15) is 0 Å². The summed E-state index contributed by atoms with van der Waals surface area (Å²) in [5.74, 6) is 0.719. The smallest absolute Gasteiger partial charge is 0.250 e. The SMILES string of the molecule is CCOc1ccnc2ocnc12. The van der Waals surface area contributed by atoms with Crippen LogP contribution in [0.2, 0.25) is 0 Å². The number of fused-ring (bicyclic) bond motifs is 1. The maximum absolute atomic E-state index is 5.31. The highest BCUT2D eigenvalue weighted by molar-refractivity contribution is 5.75. The lowest BCUT2D eigenvalue weighted by Crippen LogP contribution is -1.92. The molecule has 0 saturated carbocycles. The quantitative estimate of drug-likeness (QED) is 0.676. The molecule has 2 rings (SSSR count). The molecule has 0 unspecified atom stereocenters. The van der Waals surface area contributed by atoms with Crippen molar-refractivity contribution in [3.63, 3.8) is 0 Å². The molecule has 0 spiro atoms. The molecule has 4 heteroatoms. The van der Waals surface area contributed by atoms with Crippen molar-refractivity contribution in [2.24, 2.45) is 0 Å². The van der Waals surface area contributed by atoms with Crippen LogP contribution in [0.3, 0.4) is 0 Å². The Morgan fingerprint density at radius 3 is 3.25 bits per heavy atom. The second-order valence-corrected chi connectivity index (χ2v) is 2.25. The largest absolute Gasteiger partial charge is 0.491 e. The van der Waals surface area contributed by atoms with Gasteiger partial charge in [0.2, 0.25) is 0 Å². The second-order valence-electron chi connectivity index (χ2n) is 2.25. The van der Waals surface area contributed by atoms with E-state index in [1.54, 1.807) is 12.3 Å². The molecule has 0 radical (unpaired) electrons. The van der Waals surface area contributed by atoms with Crippen LogP contribution in [0.4, 0.5) is 0 Å². The Labute approximate surface area is 69.2 Å². The van der Waals surface area contributed by atoms with Crippen LogP contribution in [-0.4, -0.2) is 16.6 Å². The van der Waals surface area contributed by atoms with Gasteiger partial charge >= 0.3 is 0 Å². The molecular formula is C8H8N2O2. The molecule has 0 aromatic carbocycles. The number of pyridine rings is 1. The standard InChI is InChI=1S/C8H8N2O2/c1-2-11-6-3-4-9-8-7(6)10-5-12-8/h3-5H,2H2,1H3. The molecule has 0 atom stereocenters. The monoisotopic (exact) mass is 164 g/mol. The Morgan fingerprint density at radius 2 is 2.42 bits per heavy atom. The summed E-state index contributed by atoms with van der Waals surface area (Å²) < 4.78 is 10.3. The molecule has 0 fully saturated rings. The second kappa shape index (κ2) is 2.81. The van der Waals surface area contributed by atoms with Gasteiger partial charge in [0, 0.05) is 12.3 Å². The Balaban J connectivity index is 2.57. The van der Waals surface area contributed by atoms with Crippen molar-refractivity contribution >= 4 is 11.2 Å². The third-order valence-corrected chi connectivity index (χ3v) is 1.50. The van der Waals surface area contributed by atoms with Crippen molar-refractivity contribution in [3.05, 3.63) is 18.7 Å². The van der Waals surface area contributed by atoms with Crippen LogP contribution >= 0.6 is 0 Å². The summed E-state index contributed by atoms with van der Waals surface area (Å²) in [5, 5.41) is 0. The van der Waals surface area contributed by atoms with Gasteiger partial charge in [-0.05, 0) is 6.92 Å². The van der Waals surface area contributed by atoms with Crippen LogP contribution in [0.1, 0.15) is 6.92 Å². The van der Waals surface area contributed by atoms with E-state index in [1.807, 2.05) is 6.92 Å². The van der Waals surface area contributed by atoms with Crippen LogP contribution in [-0.2, 0) is 0 Å². The van der Waals surface area contributed by atoms with Gasteiger partial charge in [-0.25, -0.2) is 9.97 Å². The van der Waals surface area contributed by atoms with Crippen molar-refractivity contribution in [2.45, 2.75) is 6.92 Å². The summed E-state index contributed by atoms with van der Waals surface area (Å²) in [6.45, 7) is 2.54. The molecule has 0 aliphatic carbocycles. The van der Waals surface area contributed by atoms with Gasteiger partial charge in [-0.15, -0.1) is 0 Å². The van der Waals surface area contributed by atoms with E-state index < -0.39 is 0 Å². The molecule has 0 N–H and O–H groups in total. The van der Waals surface area contributed by atoms with Crippen molar-refractivity contribution < 1.29 is 9.15 Å².